The average Bonchev–Trinajstić information content (AvgIpc) is 2.84. The van der Waals surface area contributed by atoms with Gasteiger partial charge < -0.3 is 23.9 Å². The predicted octanol–water partition coefficient (Wildman–Crippen LogP) is 4.14. The Hall–Kier alpha value is -3.42. The SMILES string of the molecule is O=C(O)Cn1ccc(=O)c(OCc2ccccc2)c1C(OC1CCCCO1)c1ccccc1. The molecule has 0 aliphatic carbocycles. The number of benzene rings is 2. The molecule has 7 nitrogen and oxygen atoms in total. The Bertz CT molecular complexity index is 1110. The van der Waals surface area contributed by atoms with Gasteiger partial charge in [0.15, 0.2) is 12.0 Å². The Morgan fingerprint density at radius 2 is 1.79 bits per heavy atom. The summed E-state index contributed by atoms with van der Waals surface area (Å²) in [5.74, 6) is -0.957. The molecule has 1 aliphatic heterocycles. The fourth-order valence-electron chi connectivity index (χ4n) is 3.90. The van der Waals surface area contributed by atoms with Gasteiger partial charge in [0, 0.05) is 18.9 Å². The number of rotatable bonds is 9. The van der Waals surface area contributed by atoms with E-state index >= 15 is 0 Å². The van der Waals surface area contributed by atoms with Crippen molar-refractivity contribution in [1.82, 2.24) is 4.57 Å². The lowest BCUT2D eigenvalue weighted by Crippen LogP contribution is -2.29. The van der Waals surface area contributed by atoms with E-state index in [0.29, 0.717) is 12.3 Å². The molecule has 0 spiro atoms. The van der Waals surface area contributed by atoms with Gasteiger partial charge in [0.2, 0.25) is 5.43 Å². The van der Waals surface area contributed by atoms with Gasteiger partial charge in [-0.25, -0.2) is 0 Å². The first-order valence-electron chi connectivity index (χ1n) is 11.1. The third-order valence-corrected chi connectivity index (χ3v) is 5.48. The summed E-state index contributed by atoms with van der Waals surface area (Å²) in [5, 5.41) is 9.53. The van der Waals surface area contributed by atoms with Gasteiger partial charge in [-0.3, -0.25) is 9.59 Å². The Labute approximate surface area is 192 Å². The Morgan fingerprint density at radius 3 is 2.45 bits per heavy atom. The summed E-state index contributed by atoms with van der Waals surface area (Å²) in [5.41, 5.74) is 1.70. The van der Waals surface area contributed by atoms with Crippen molar-refractivity contribution in [2.45, 2.75) is 44.8 Å². The van der Waals surface area contributed by atoms with E-state index in [1.165, 1.54) is 16.8 Å². The van der Waals surface area contributed by atoms with Crippen molar-refractivity contribution in [3.63, 3.8) is 0 Å². The molecule has 2 atom stereocenters. The summed E-state index contributed by atoms with van der Waals surface area (Å²) in [6.45, 7) is 0.428. The standard InChI is InChI=1S/C26H27NO6/c28-21-14-15-27(17-22(29)30)24(26(21)32-18-19-9-3-1-4-10-19)25(20-11-5-2-6-12-20)33-23-13-7-8-16-31-23/h1-6,9-12,14-15,23,25H,7-8,13,16-18H2,(H,29,30). The van der Waals surface area contributed by atoms with Crippen LogP contribution in [0.25, 0.3) is 0 Å². The lowest BCUT2D eigenvalue weighted by molar-refractivity contribution is -0.183. The van der Waals surface area contributed by atoms with E-state index in [1.54, 1.807) is 0 Å². The second-order valence-electron chi connectivity index (χ2n) is 7.91. The van der Waals surface area contributed by atoms with E-state index in [0.717, 1.165) is 30.4 Å². The maximum absolute atomic E-state index is 13.0. The summed E-state index contributed by atoms with van der Waals surface area (Å²) in [4.78, 5) is 24.6. The minimum Gasteiger partial charge on any atom is -0.483 e. The first kappa shape index (κ1) is 22.8. The Kier molecular flexibility index (Phi) is 7.55. The van der Waals surface area contributed by atoms with Crippen LogP contribution in [0.2, 0.25) is 0 Å². The van der Waals surface area contributed by atoms with Gasteiger partial charge in [-0.05, 0) is 30.4 Å². The third-order valence-electron chi connectivity index (χ3n) is 5.48. The number of carboxylic acid groups (broad SMARTS) is 1. The highest BCUT2D eigenvalue weighted by atomic mass is 16.7. The molecule has 172 valence electrons. The molecule has 1 fully saturated rings. The van der Waals surface area contributed by atoms with Crippen LogP contribution in [0.1, 0.15) is 42.2 Å². The molecule has 0 radical (unpaired) electrons. The fourth-order valence-corrected chi connectivity index (χ4v) is 3.90. The molecular weight excluding hydrogens is 422 g/mol. The molecule has 33 heavy (non-hydrogen) atoms. The Morgan fingerprint density at radius 1 is 1.06 bits per heavy atom. The van der Waals surface area contributed by atoms with Gasteiger partial charge in [0.25, 0.3) is 0 Å². The number of hydrogen-bond acceptors (Lipinski definition) is 5. The molecule has 4 rings (SSSR count). The monoisotopic (exact) mass is 449 g/mol. The lowest BCUT2D eigenvalue weighted by atomic mass is 10.0. The largest absolute Gasteiger partial charge is 0.483 e. The second-order valence-corrected chi connectivity index (χ2v) is 7.91. The highest BCUT2D eigenvalue weighted by molar-refractivity contribution is 5.66. The van der Waals surface area contributed by atoms with Crippen LogP contribution in [0.15, 0.2) is 77.7 Å². The van der Waals surface area contributed by atoms with Gasteiger partial charge in [-0.15, -0.1) is 0 Å². The topological polar surface area (TPSA) is 87.0 Å². The molecular formula is C26H27NO6. The van der Waals surface area contributed by atoms with Crippen molar-refractivity contribution in [2.75, 3.05) is 6.61 Å². The fraction of sp³-hybridized carbons (Fsp3) is 0.308. The zero-order valence-corrected chi connectivity index (χ0v) is 18.3. The van der Waals surface area contributed by atoms with Crippen LogP contribution in [0.4, 0.5) is 0 Å². The lowest BCUT2D eigenvalue weighted by Gasteiger charge is -2.30. The predicted molar refractivity (Wildman–Crippen MR) is 122 cm³/mol. The van der Waals surface area contributed by atoms with Crippen LogP contribution in [0, 0.1) is 0 Å². The molecule has 1 aromatic heterocycles. The highest BCUT2D eigenvalue weighted by Gasteiger charge is 2.29. The molecule has 2 unspecified atom stereocenters. The zero-order chi connectivity index (χ0) is 23.0. The maximum atomic E-state index is 13.0. The summed E-state index contributed by atoms with van der Waals surface area (Å²) in [6.07, 6.45) is 2.94. The van der Waals surface area contributed by atoms with Crippen molar-refractivity contribution in [2.24, 2.45) is 0 Å². The smallest absolute Gasteiger partial charge is 0.323 e. The van der Waals surface area contributed by atoms with Gasteiger partial charge in [0.1, 0.15) is 19.3 Å². The van der Waals surface area contributed by atoms with E-state index in [2.05, 4.69) is 0 Å². The molecule has 1 N–H and O–H groups in total. The van der Waals surface area contributed by atoms with E-state index in [4.69, 9.17) is 14.2 Å². The van der Waals surface area contributed by atoms with Crippen molar-refractivity contribution >= 4 is 5.97 Å². The molecule has 0 amide bonds. The minimum atomic E-state index is -1.03. The van der Waals surface area contributed by atoms with Crippen LogP contribution in [0.3, 0.4) is 0 Å². The molecule has 1 saturated heterocycles. The summed E-state index contributed by atoms with van der Waals surface area (Å²) >= 11 is 0. The number of ether oxygens (including phenoxy) is 3. The number of hydrogen-bond donors (Lipinski definition) is 1. The first-order valence-corrected chi connectivity index (χ1v) is 11.1. The maximum Gasteiger partial charge on any atom is 0.323 e. The summed E-state index contributed by atoms with van der Waals surface area (Å²) in [7, 11) is 0. The van der Waals surface area contributed by atoms with Gasteiger partial charge in [0.05, 0.1) is 5.69 Å². The molecule has 3 aromatic rings. The highest BCUT2D eigenvalue weighted by Crippen LogP contribution is 2.34. The van der Waals surface area contributed by atoms with Crippen LogP contribution in [-0.4, -0.2) is 28.5 Å². The number of carbonyl (C=O) groups is 1. The van der Waals surface area contributed by atoms with Crippen molar-refractivity contribution < 1.29 is 24.1 Å². The molecule has 1 aliphatic rings. The van der Waals surface area contributed by atoms with E-state index in [9.17, 15) is 14.7 Å². The van der Waals surface area contributed by atoms with Gasteiger partial charge in [-0.2, -0.15) is 0 Å². The molecule has 7 heteroatoms. The summed E-state index contributed by atoms with van der Waals surface area (Å²) in [6, 6.07) is 20.2. The van der Waals surface area contributed by atoms with Crippen LogP contribution < -0.4 is 10.2 Å². The number of aromatic nitrogens is 1. The van der Waals surface area contributed by atoms with Crippen molar-refractivity contribution in [3.05, 3.63) is 100.0 Å². The second kappa shape index (κ2) is 10.9. The van der Waals surface area contributed by atoms with Crippen molar-refractivity contribution in [3.8, 4) is 5.75 Å². The zero-order valence-electron chi connectivity index (χ0n) is 18.3. The van der Waals surface area contributed by atoms with Gasteiger partial charge >= 0.3 is 5.97 Å². The van der Waals surface area contributed by atoms with E-state index in [-0.39, 0.29) is 24.3 Å². The number of nitrogens with zero attached hydrogens (tertiary/aromatic N) is 1. The summed E-state index contributed by atoms with van der Waals surface area (Å²) < 4.78 is 19.7. The van der Waals surface area contributed by atoms with Crippen LogP contribution in [0.5, 0.6) is 5.75 Å². The average molecular weight is 450 g/mol. The number of aliphatic carboxylic acids is 1. The van der Waals surface area contributed by atoms with Crippen LogP contribution in [-0.2, 0) is 27.4 Å². The first-order chi connectivity index (χ1) is 16.1. The molecule has 2 heterocycles. The Balaban J connectivity index is 1.79. The normalized spacial score (nSPS) is 16.8. The van der Waals surface area contributed by atoms with Crippen LogP contribution >= 0.6 is 0 Å². The quantitative estimate of drug-likeness (QED) is 0.528. The molecule has 0 saturated carbocycles. The molecule has 2 aromatic carbocycles. The van der Waals surface area contributed by atoms with Gasteiger partial charge in [-0.1, -0.05) is 60.7 Å². The third kappa shape index (κ3) is 5.88. The number of carboxylic acids is 1. The van der Waals surface area contributed by atoms with E-state index < -0.39 is 18.4 Å². The molecule has 0 bridgehead atoms. The van der Waals surface area contributed by atoms with Crippen molar-refractivity contribution in [1.29, 1.82) is 0 Å². The number of pyridine rings is 1. The minimum absolute atomic E-state index is 0.0762. The van der Waals surface area contributed by atoms with E-state index in [1.807, 2.05) is 60.7 Å².